The molecule has 0 aliphatic carbocycles. The summed E-state index contributed by atoms with van der Waals surface area (Å²) in [6.07, 6.45) is -0.296. The highest BCUT2D eigenvalue weighted by atomic mass is 28.3. The van der Waals surface area contributed by atoms with Crippen molar-refractivity contribution in [1.82, 2.24) is 4.90 Å². The minimum Gasteiger partial charge on any atom is -0.497 e. The Balaban J connectivity index is 0.954. The average molecular weight is 1080 g/mol. The summed E-state index contributed by atoms with van der Waals surface area (Å²) < 4.78 is 26.0. The summed E-state index contributed by atoms with van der Waals surface area (Å²) in [6, 6.07) is 58.2. The minimum absolute atomic E-state index is 0.0450. The molecule has 5 heterocycles. The lowest BCUT2D eigenvalue weighted by Gasteiger charge is -2.39. The number of nitrogens with zero attached hydrogens (tertiary/aromatic N) is 4. The minimum atomic E-state index is -2.79. The zero-order valence-electron chi connectivity index (χ0n) is 44.7. The largest absolute Gasteiger partial charge is 0.497 e. The van der Waals surface area contributed by atoms with Gasteiger partial charge >= 0.3 is 0 Å². The number of hydrogen-bond acceptors (Lipinski definition) is 9. The van der Waals surface area contributed by atoms with Gasteiger partial charge in [-0.3, -0.25) is 29.0 Å². The Hall–Kier alpha value is -8.82. The maximum Gasteiger partial charge on any atom is 0.266 e. The quantitative estimate of drug-likeness (QED) is 0.133. The fourth-order valence-electron chi connectivity index (χ4n) is 13.2. The van der Waals surface area contributed by atoms with Gasteiger partial charge in [-0.25, -0.2) is 0 Å². The lowest BCUT2D eigenvalue weighted by atomic mass is 9.82. The van der Waals surface area contributed by atoms with Crippen LogP contribution in [0.5, 0.6) is 28.7 Å². The lowest BCUT2D eigenvalue weighted by molar-refractivity contribution is -0.151. The third kappa shape index (κ3) is 8.19. The van der Waals surface area contributed by atoms with Crippen LogP contribution in [-0.4, -0.2) is 67.6 Å². The zero-order chi connectivity index (χ0) is 55.0. The Morgan fingerprint density at radius 1 is 0.650 bits per heavy atom. The topological polar surface area (TPSA) is 138 Å². The molecule has 5 aliphatic rings. The van der Waals surface area contributed by atoms with Crippen LogP contribution in [0.4, 0.5) is 28.4 Å². The number of ether oxygens (including phenoxy) is 4. The third-order valence-corrected chi connectivity index (χ3v) is 21.5. The Morgan fingerprint density at radius 3 is 1.85 bits per heavy atom. The van der Waals surface area contributed by atoms with Crippen molar-refractivity contribution >= 4 is 65.3 Å². The van der Waals surface area contributed by atoms with Crippen molar-refractivity contribution in [2.45, 2.75) is 69.2 Å². The number of para-hydroxylation sites is 6. The van der Waals surface area contributed by atoms with Crippen molar-refractivity contribution in [2.75, 3.05) is 28.4 Å². The predicted octanol–water partition coefficient (Wildman–Crippen LogP) is 12.0. The number of fused-ring (bicyclic) bond motifs is 7. The molecular weight excluding hydrogens is 1020 g/mol. The molecule has 1 N–H and O–H groups in total. The van der Waals surface area contributed by atoms with E-state index in [0.717, 1.165) is 21.9 Å². The van der Waals surface area contributed by atoms with Crippen LogP contribution in [0, 0.1) is 5.92 Å². The number of anilines is 5. The lowest BCUT2D eigenvalue weighted by Crippen LogP contribution is -2.52. The number of methoxy groups -OCH3 is 1. The van der Waals surface area contributed by atoms with Gasteiger partial charge in [-0.1, -0.05) is 122 Å². The first-order chi connectivity index (χ1) is 38.9. The molecule has 0 unspecified atom stereocenters. The first-order valence-corrected chi connectivity index (χ1v) is 30.2. The Kier molecular flexibility index (Phi) is 12.6. The number of benzene rings is 8. The van der Waals surface area contributed by atoms with Gasteiger partial charge in [0.05, 0.1) is 75.1 Å². The molecule has 14 heteroatoms. The fourth-order valence-corrected chi connectivity index (χ4v) is 17.2. The third-order valence-electron chi connectivity index (χ3n) is 17.1. The van der Waals surface area contributed by atoms with Crippen molar-refractivity contribution in [3.63, 3.8) is 0 Å². The number of amides is 4. The van der Waals surface area contributed by atoms with Crippen LogP contribution in [-0.2, 0) is 39.4 Å². The summed E-state index contributed by atoms with van der Waals surface area (Å²) in [5.74, 6) is 0.999. The average Bonchev–Trinajstić information content (AvgIpc) is 3.92. The molecule has 5 aliphatic heterocycles. The number of carbonyl (C=O) groups is 4. The fraction of sp³-hybridized carbons (Fsp3) is 0.212. The van der Waals surface area contributed by atoms with Gasteiger partial charge in [-0.05, 0) is 120 Å². The molecule has 0 aromatic heterocycles. The highest BCUT2D eigenvalue weighted by Gasteiger charge is 2.67. The van der Waals surface area contributed by atoms with E-state index in [-0.39, 0.29) is 48.7 Å². The number of hydrogen-bond donors (Lipinski definition) is 1. The highest BCUT2D eigenvalue weighted by Crippen LogP contribution is 2.61. The van der Waals surface area contributed by atoms with Crippen molar-refractivity contribution in [3.8, 4) is 28.7 Å². The van der Waals surface area contributed by atoms with Gasteiger partial charge in [-0.2, -0.15) is 0 Å². The molecule has 0 bridgehead atoms. The molecule has 0 saturated carbocycles. The summed E-state index contributed by atoms with van der Waals surface area (Å²) >= 11 is 0. The first-order valence-electron chi connectivity index (χ1n) is 27.1. The Morgan fingerprint density at radius 2 is 1.23 bits per heavy atom. The second kappa shape index (κ2) is 19.8. The van der Waals surface area contributed by atoms with Crippen LogP contribution < -0.4 is 34.1 Å². The number of carbonyl (C=O) groups excluding carboxylic acids is 4. The Bertz CT molecular complexity index is 3810. The maximum atomic E-state index is 16.5. The molecule has 1 fully saturated rings. The maximum absolute atomic E-state index is 16.5. The van der Waals surface area contributed by atoms with E-state index >= 15 is 14.4 Å². The number of aliphatic hydroxyl groups is 1. The molecule has 80 heavy (non-hydrogen) atoms. The SMILES string of the molecule is COc1ccc([Si](C)(C)[C@H]2[C@H](CC(=O)N3Cc4ccccc4C[C@H]3CO)O[C@@]3(C(=O)N(Cc4cccc(N5C(=O)c6ccccc6Oc6ccccc65)c4)c4ccc(N5C(=O)c6ccccc6Oc6ccccc65)cc43)[C@@H]2C)cc1. The zero-order valence-corrected chi connectivity index (χ0v) is 45.7. The molecule has 400 valence electrons. The molecule has 8 aromatic carbocycles. The standard InChI is InChI=1S/C66H58N4O9Si/c1-41-62(80(3,4)49-31-29-48(76-2)30-32-49)60(37-61(72)67-39-44-18-6-5-17-43(44)35-47(67)40-71)79-66(41)52-36-46(70-55-23-10-14-27-59(55)78-57-25-12-8-21-51(57)64(70)74)28-33-53(52)68(65(66)75)38-42-16-15-19-45(34-42)69-54-22-9-13-26-58(54)77-56-24-11-7-20-50(56)63(69)73/h5-34,36,41,47,60,62,71H,35,37-40H2,1-4H3/t41-,47+,60+,62-,66+/m1/s1. The van der Waals surface area contributed by atoms with Crippen LogP contribution in [0.25, 0.3) is 0 Å². The summed E-state index contributed by atoms with van der Waals surface area (Å²) in [6.45, 7) is 6.85. The van der Waals surface area contributed by atoms with Crippen LogP contribution in [0.1, 0.15) is 56.3 Å². The van der Waals surface area contributed by atoms with Gasteiger partial charge in [0, 0.05) is 29.4 Å². The van der Waals surface area contributed by atoms with Crippen LogP contribution >= 0.6 is 0 Å². The monoisotopic (exact) mass is 1080 g/mol. The van der Waals surface area contributed by atoms with Gasteiger partial charge in [0.25, 0.3) is 17.7 Å². The number of aliphatic hydroxyl groups excluding tert-OH is 1. The van der Waals surface area contributed by atoms with Gasteiger partial charge < -0.3 is 33.9 Å². The normalized spacial score (nSPS) is 20.8. The summed E-state index contributed by atoms with van der Waals surface area (Å²) in [4.78, 5) is 68.3. The van der Waals surface area contributed by atoms with Crippen molar-refractivity contribution in [1.29, 1.82) is 0 Å². The van der Waals surface area contributed by atoms with Gasteiger partial charge in [0.15, 0.2) is 17.1 Å². The van der Waals surface area contributed by atoms with E-state index in [2.05, 4.69) is 38.2 Å². The molecule has 5 atom stereocenters. The summed E-state index contributed by atoms with van der Waals surface area (Å²) in [5, 5.41) is 11.9. The molecular formula is C66H58N4O9Si. The molecule has 4 amide bonds. The van der Waals surface area contributed by atoms with E-state index in [1.165, 1.54) is 0 Å². The van der Waals surface area contributed by atoms with Crippen LogP contribution in [0.15, 0.2) is 188 Å². The van der Waals surface area contributed by atoms with Gasteiger partial charge in [0.1, 0.15) is 17.2 Å². The van der Waals surface area contributed by atoms with E-state index in [1.807, 2.05) is 140 Å². The molecule has 1 spiro atoms. The number of rotatable bonds is 10. The van der Waals surface area contributed by atoms with Gasteiger partial charge in [0.2, 0.25) is 5.91 Å². The molecule has 8 aromatic rings. The second-order valence-corrected chi connectivity index (χ2v) is 26.6. The first kappa shape index (κ1) is 50.7. The summed E-state index contributed by atoms with van der Waals surface area (Å²) in [5.41, 5.74) is 4.97. The molecule has 0 radical (unpaired) electrons. The van der Waals surface area contributed by atoms with Crippen molar-refractivity contribution in [3.05, 3.63) is 221 Å². The molecule has 13 nitrogen and oxygen atoms in total. The van der Waals surface area contributed by atoms with E-state index < -0.39 is 31.7 Å². The van der Waals surface area contributed by atoms with Crippen LogP contribution in [0.3, 0.4) is 0 Å². The van der Waals surface area contributed by atoms with E-state index in [0.29, 0.717) is 86.8 Å². The van der Waals surface area contributed by atoms with E-state index in [9.17, 15) is 9.90 Å². The van der Waals surface area contributed by atoms with Crippen LogP contribution in [0.2, 0.25) is 18.6 Å². The smallest absolute Gasteiger partial charge is 0.266 e. The van der Waals surface area contributed by atoms with Crippen molar-refractivity contribution in [2.24, 2.45) is 5.92 Å². The molecule has 1 saturated heterocycles. The van der Waals surface area contributed by atoms with E-state index in [4.69, 9.17) is 18.9 Å². The highest BCUT2D eigenvalue weighted by molar-refractivity contribution is 6.91. The van der Waals surface area contributed by atoms with E-state index in [1.54, 1.807) is 57.0 Å². The molecule has 13 rings (SSSR count). The second-order valence-electron chi connectivity index (χ2n) is 21.9. The Labute approximate surface area is 465 Å². The van der Waals surface area contributed by atoms with Gasteiger partial charge in [-0.15, -0.1) is 0 Å². The van der Waals surface area contributed by atoms with Crippen molar-refractivity contribution < 1.29 is 43.2 Å². The summed E-state index contributed by atoms with van der Waals surface area (Å²) in [7, 11) is -1.15. The predicted molar refractivity (Wildman–Crippen MR) is 309 cm³/mol.